The second kappa shape index (κ2) is 7.48. The fourth-order valence-electron chi connectivity index (χ4n) is 2.93. The van der Waals surface area contributed by atoms with Crippen LogP contribution in [0.25, 0.3) is 5.65 Å². The normalized spacial score (nSPS) is 10.8. The molecule has 4 rings (SSSR count). The van der Waals surface area contributed by atoms with E-state index >= 15 is 0 Å². The van der Waals surface area contributed by atoms with Gasteiger partial charge in [0.25, 0.3) is 5.91 Å². The highest BCUT2D eigenvalue weighted by Crippen LogP contribution is 2.19. The molecule has 0 radical (unpaired) electrons. The Morgan fingerprint density at radius 2 is 1.96 bits per heavy atom. The number of nitrogens with one attached hydrogen (secondary N) is 1. The van der Waals surface area contributed by atoms with Crippen LogP contribution in [0.3, 0.4) is 0 Å². The minimum absolute atomic E-state index is 0.227. The second-order valence-corrected chi connectivity index (χ2v) is 6.43. The van der Waals surface area contributed by atoms with E-state index in [2.05, 4.69) is 20.4 Å². The van der Waals surface area contributed by atoms with Crippen molar-refractivity contribution in [3.05, 3.63) is 83.4 Å². The fourth-order valence-corrected chi connectivity index (χ4v) is 2.93. The molecule has 3 aromatic heterocycles. The zero-order valence-corrected chi connectivity index (χ0v) is 15.6. The van der Waals surface area contributed by atoms with Crippen LogP contribution < -0.4 is 10.1 Å². The monoisotopic (exact) mass is 373 g/mol. The highest BCUT2D eigenvalue weighted by Gasteiger charge is 2.15. The van der Waals surface area contributed by atoms with E-state index in [-0.39, 0.29) is 5.91 Å². The third-order valence-corrected chi connectivity index (χ3v) is 4.24. The first-order chi connectivity index (χ1) is 13.6. The number of benzene rings is 1. The molecule has 0 unspecified atom stereocenters. The van der Waals surface area contributed by atoms with Crippen LogP contribution in [0.1, 0.15) is 27.3 Å². The van der Waals surface area contributed by atoms with E-state index in [1.165, 1.54) is 0 Å². The number of hydrogen-bond donors (Lipinski definition) is 1. The van der Waals surface area contributed by atoms with Crippen molar-refractivity contribution in [1.82, 2.24) is 24.9 Å². The number of rotatable bonds is 5. The van der Waals surface area contributed by atoms with Crippen molar-refractivity contribution in [3.63, 3.8) is 0 Å². The van der Waals surface area contributed by atoms with E-state index in [0.29, 0.717) is 29.4 Å². The number of aryl methyl sites for hydroxylation is 2. The molecule has 0 fully saturated rings. The van der Waals surface area contributed by atoms with E-state index in [0.717, 1.165) is 17.0 Å². The van der Waals surface area contributed by atoms with Gasteiger partial charge in [-0.1, -0.05) is 18.2 Å². The van der Waals surface area contributed by atoms with Crippen LogP contribution in [0, 0.1) is 13.8 Å². The molecule has 1 aromatic carbocycles. The summed E-state index contributed by atoms with van der Waals surface area (Å²) in [5.41, 5.74) is 3.65. The van der Waals surface area contributed by atoms with Gasteiger partial charge in [-0.05, 0) is 43.7 Å². The van der Waals surface area contributed by atoms with E-state index in [9.17, 15) is 4.79 Å². The van der Waals surface area contributed by atoms with Crippen LogP contribution >= 0.6 is 0 Å². The summed E-state index contributed by atoms with van der Waals surface area (Å²) < 4.78 is 7.40. The molecule has 0 atom stereocenters. The van der Waals surface area contributed by atoms with Gasteiger partial charge in [0, 0.05) is 30.2 Å². The minimum atomic E-state index is -0.227. The zero-order chi connectivity index (χ0) is 19.5. The minimum Gasteiger partial charge on any atom is -0.439 e. The number of aromatic nitrogens is 4. The molecule has 0 bridgehead atoms. The number of pyridine rings is 1. The van der Waals surface area contributed by atoms with Crippen molar-refractivity contribution >= 4 is 11.6 Å². The molecule has 0 aliphatic heterocycles. The maximum atomic E-state index is 12.6. The topological polar surface area (TPSA) is 81.4 Å². The SMILES string of the molecule is Cc1cc(C)n2ncc(C(=O)NCc3ccnc(Oc4ccccc4)c3)c2n1. The fraction of sp³-hybridized carbons (Fsp3) is 0.143. The van der Waals surface area contributed by atoms with Crippen molar-refractivity contribution < 1.29 is 9.53 Å². The molecule has 7 nitrogen and oxygen atoms in total. The van der Waals surface area contributed by atoms with Crippen molar-refractivity contribution in [2.45, 2.75) is 20.4 Å². The summed E-state index contributed by atoms with van der Waals surface area (Å²) >= 11 is 0. The maximum Gasteiger partial charge on any atom is 0.257 e. The smallest absolute Gasteiger partial charge is 0.257 e. The number of carbonyl (C=O) groups excluding carboxylic acids is 1. The van der Waals surface area contributed by atoms with Gasteiger partial charge in [0.05, 0.1) is 6.20 Å². The Morgan fingerprint density at radius 3 is 2.79 bits per heavy atom. The molecule has 0 spiro atoms. The highest BCUT2D eigenvalue weighted by molar-refractivity contribution is 5.99. The van der Waals surface area contributed by atoms with Crippen molar-refractivity contribution in [3.8, 4) is 11.6 Å². The average molecular weight is 373 g/mol. The predicted octanol–water partition coefficient (Wildman–Crippen LogP) is 3.46. The summed E-state index contributed by atoms with van der Waals surface area (Å²) in [4.78, 5) is 21.3. The third-order valence-electron chi connectivity index (χ3n) is 4.24. The van der Waals surface area contributed by atoms with Gasteiger partial charge in [-0.25, -0.2) is 14.5 Å². The Morgan fingerprint density at radius 1 is 1.14 bits per heavy atom. The lowest BCUT2D eigenvalue weighted by Gasteiger charge is -2.08. The molecule has 0 aliphatic carbocycles. The second-order valence-electron chi connectivity index (χ2n) is 6.43. The number of para-hydroxylation sites is 1. The predicted molar refractivity (Wildman–Crippen MR) is 104 cm³/mol. The van der Waals surface area contributed by atoms with E-state index in [4.69, 9.17) is 4.74 Å². The van der Waals surface area contributed by atoms with Gasteiger partial charge in [0.2, 0.25) is 5.88 Å². The summed E-state index contributed by atoms with van der Waals surface area (Å²) in [5.74, 6) is 0.955. The first-order valence-corrected chi connectivity index (χ1v) is 8.88. The molecule has 4 aromatic rings. The summed E-state index contributed by atoms with van der Waals surface area (Å²) in [6.07, 6.45) is 3.20. The lowest BCUT2D eigenvalue weighted by atomic mass is 10.2. The van der Waals surface area contributed by atoms with Gasteiger partial charge in [-0.3, -0.25) is 4.79 Å². The Labute approximate surface area is 162 Å². The number of carbonyl (C=O) groups is 1. The van der Waals surface area contributed by atoms with Crippen LogP contribution in [0.5, 0.6) is 11.6 Å². The molecule has 28 heavy (non-hydrogen) atoms. The van der Waals surface area contributed by atoms with Crippen LogP contribution in [0.2, 0.25) is 0 Å². The summed E-state index contributed by atoms with van der Waals surface area (Å²) in [7, 11) is 0. The van der Waals surface area contributed by atoms with Gasteiger partial charge in [-0.15, -0.1) is 0 Å². The zero-order valence-electron chi connectivity index (χ0n) is 15.6. The Hall–Kier alpha value is -3.74. The average Bonchev–Trinajstić information content (AvgIpc) is 3.11. The first-order valence-electron chi connectivity index (χ1n) is 8.88. The molecule has 0 aliphatic rings. The quantitative estimate of drug-likeness (QED) is 0.579. The third kappa shape index (κ3) is 3.68. The van der Waals surface area contributed by atoms with Crippen molar-refractivity contribution in [2.75, 3.05) is 0 Å². The number of amides is 1. The van der Waals surface area contributed by atoms with E-state index in [1.807, 2.05) is 56.3 Å². The number of hydrogen-bond acceptors (Lipinski definition) is 5. The molecular formula is C21H19N5O2. The number of nitrogens with zero attached hydrogens (tertiary/aromatic N) is 4. The Balaban J connectivity index is 1.48. The van der Waals surface area contributed by atoms with E-state index < -0.39 is 0 Å². The van der Waals surface area contributed by atoms with Gasteiger partial charge < -0.3 is 10.1 Å². The highest BCUT2D eigenvalue weighted by atomic mass is 16.5. The molecule has 3 heterocycles. The van der Waals surface area contributed by atoms with Crippen molar-refractivity contribution in [1.29, 1.82) is 0 Å². The number of fused-ring (bicyclic) bond motifs is 1. The van der Waals surface area contributed by atoms with E-state index in [1.54, 1.807) is 23.0 Å². The molecule has 1 amide bonds. The van der Waals surface area contributed by atoms with Crippen LogP contribution in [0.4, 0.5) is 0 Å². The Bertz CT molecular complexity index is 1140. The maximum absolute atomic E-state index is 12.6. The summed E-state index contributed by atoms with van der Waals surface area (Å²) in [6, 6.07) is 15.0. The number of ether oxygens (including phenoxy) is 1. The molecule has 0 saturated heterocycles. The summed E-state index contributed by atoms with van der Waals surface area (Å²) in [6.45, 7) is 4.17. The van der Waals surface area contributed by atoms with Crippen LogP contribution in [0.15, 0.2) is 60.9 Å². The van der Waals surface area contributed by atoms with Crippen LogP contribution in [-0.2, 0) is 6.54 Å². The standard InChI is InChI=1S/C21H19N5O2/c1-14-10-15(2)26-20(25-14)18(13-24-26)21(27)23-12-16-8-9-22-19(11-16)28-17-6-4-3-5-7-17/h3-11,13H,12H2,1-2H3,(H,23,27). The van der Waals surface area contributed by atoms with Gasteiger partial charge >= 0.3 is 0 Å². The molecule has 1 N–H and O–H groups in total. The lowest BCUT2D eigenvalue weighted by Crippen LogP contribution is -2.23. The Kier molecular flexibility index (Phi) is 4.72. The van der Waals surface area contributed by atoms with Gasteiger partial charge in [0.1, 0.15) is 11.3 Å². The van der Waals surface area contributed by atoms with Crippen molar-refractivity contribution in [2.24, 2.45) is 0 Å². The van der Waals surface area contributed by atoms with Crippen LogP contribution in [-0.4, -0.2) is 25.5 Å². The molecule has 0 saturated carbocycles. The molecular weight excluding hydrogens is 354 g/mol. The molecule has 140 valence electrons. The summed E-state index contributed by atoms with van der Waals surface area (Å²) in [5, 5.41) is 7.17. The first kappa shape index (κ1) is 17.7. The van der Waals surface area contributed by atoms with Gasteiger partial charge in [0.15, 0.2) is 5.65 Å². The largest absolute Gasteiger partial charge is 0.439 e. The lowest BCUT2D eigenvalue weighted by molar-refractivity contribution is 0.0952. The van der Waals surface area contributed by atoms with Gasteiger partial charge in [-0.2, -0.15) is 5.10 Å². The molecule has 7 heteroatoms.